The lowest BCUT2D eigenvalue weighted by Gasteiger charge is -2.23. The first-order valence-electron chi connectivity index (χ1n) is 9.33. The molecule has 0 unspecified atom stereocenters. The molecule has 138 valence electrons. The van der Waals surface area contributed by atoms with E-state index < -0.39 is 0 Å². The van der Waals surface area contributed by atoms with Gasteiger partial charge in [-0.2, -0.15) is 0 Å². The van der Waals surface area contributed by atoms with Gasteiger partial charge in [0.2, 0.25) is 0 Å². The molecule has 1 saturated carbocycles. The highest BCUT2D eigenvalue weighted by molar-refractivity contribution is 7.99. The minimum absolute atomic E-state index is 0.0403. The summed E-state index contributed by atoms with van der Waals surface area (Å²) >= 11 is 1.43. The van der Waals surface area contributed by atoms with E-state index in [1.54, 1.807) is 12.1 Å². The number of para-hydroxylation sites is 1. The van der Waals surface area contributed by atoms with Crippen molar-refractivity contribution in [3.8, 4) is 0 Å². The van der Waals surface area contributed by atoms with Gasteiger partial charge >= 0.3 is 0 Å². The fraction of sp³-hybridized carbons (Fsp3) is 0.273. The number of rotatable bonds is 4. The molecular formula is C22H21FN2OS. The number of carbonyl (C=O) groups excluding carboxylic acids is 1. The van der Waals surface area contributed by atoms with Gasteiger partial charge in [-0.15, -0.1) is 0 Å². The predicted octanol–water partition coefficient (Wildman–Crippen LogP) is 5.59. The third-order valence-corrected chi connectivity index (χ3v) is 5.84. The van der Waals surface area contributed by atoms with E-state index in [1.165, 1.54) is 43.2 Å². The molecule has 1 aliphatic rings. The van der Waals surface area contributed by atoms with E-state index in [4.69, 9.17) is 0 Å². The molecule has 1 N–H and O–H groups in total. The first kappa shape index (κ1) is 18.0. The molecular weight excluding hydrogens is 359 g/mol. The molecule has 3 nitrogen and oxygen atoms in total. The van der Waals surface area contributed by atoms with Gasteiger partial charge in [0, 0.05) is 16.3 Å². The number of halogens is 1. The second-order valence-electron chi connectivity index (χ2n) is 6.89. The Morgan fingerprint density at radius 1 is 1.04 bits per heavy atom. The van der Waals surface area contributed by atoms with Crippen LogP contribution in [0.2, 0.25) is 0 Å². The van der Waals surface area contributed by atoms with Crippen LogP contribution in [0.15, 0.2) is 64.5 Å². The molecule has 1 fully saturated rings. The van der Waals surface area contributed by atoms with Gasteiger partial charge in [0.25, 0.3) is 5.91 Å². The normalized spacial score (nSPS) is 15.0. The van der Waals surface area contributed by atoms with Gasteiger partial charge in [0.1, 0.15) is 10.8 Å². The lowest BCUT2D eigenvalue weighted by molar-refractivity contribution is 0.0929. The summed E-state index contributed by atoms with van der Waals surface area (Å²) in [7, 11) is 0. The highest BCUT2D eigenvalue weighted by Gasteiger charge is 2.19. The molecule has 0 spiro atoms. The van der Waals surface area contributed by atoms with Crippen molar-refractivity contribution in [2.75, 3.05) is 0 Å². The van der Waals surface area contributed by atoms with Gasteiger partial charge in [-0.25, -0.2) is 9.37 Å². The smallest absolute Gasteiger partial charge is 0.252 e. The molecule has 1 amide bonds. The number of carbonyl (C=O) groups is 1. The second-order valence-corrected chi connectivity index (χ2v) is 7.98. The third kappa shape index (κ3) is 4.30. The molecule has 0 radical (unpaired) electrons. The molecule has 1 aromatic heterocycles. The number of amides is 1. The van der Waals surface area contributed by atoms with Crippen LogP contribution in [0.5, 0.6) is 0 Å². The molecule has 3 aromatic rings. The zero-order chi connectivity index (χ0) is 18.6. The maximum Gasteiger partial charge on any atom is 0.252 e. The summed E-state index contributed by atoms with van der Waals surface area (Å²) in [5, 5.41) is 4.79. The summed E-state index contributed by atoms with van der Waals surface area (Å²) in [6.45, 7) is 0. The Balaban J connectivity index is 1.65. The van der Waals surface area contributed by atoms with Crippen molar-refractivity contribution in [1.29, 1.82) is 0 Å². The topological polar surface area (TPSA) is 42.0 Å². The van der Waals surface area contributed by atoms with Crippen LogP contribution in [0.4, 0.5) is 4.39 Å². The largest absolute Gasteiger partial charge is 0.349 e. The Labute approximate surface area is 162 Å². The second kappa shape index (κ2) is 8.09. The fourth-order valence-corrected chi connectivity index (χ4v) is 4.36. The minimum atomic E-state index is -0.265. The summed E-state index contributed by atoms with van der Waals surface area (Å²) in [6, 6.07) is 16.1. The van der Waals surface area contributed by atoms with Crippen molar-refractivity contribution >= 4 is 28.6 Å². The van der Waals surface area contributed by atoms with Crippen LogP contribution < -0.4 is 5.32 Å². The van der Waals surface area contributed by atoms with E-state index in [9.17, 15) is 9.18 Å². The zero-order valence-electron chi connectivity index (χ0n) is 15.0. The maximum absolute atomic E-state index is 13.1. The Bertz CT molecular complexity index is 952. The van der Waals surface area contributed by atoms with E-state index in [0.717, 1.165) is 33.7 Å². The molecule has 0 aliphatic heterocycles. The van der Waals surface area contributed by atoms with Crippen LogP contribution in [0, 0.1) is 5.82 Å². The van der Waals surface area contributed by atoms with Gasteiger partial charge in [0.05, 0.1) is 11.1 Å². The molecule has 5 heteroatoms. The summed E-state index contributed by atoms with van der Waals surface area (Å²) in [6.07, 6.45) is 5.70. The molecule has 1 heterocycles. The minimum Gasteiger partial charge on any atom is -0.349 e. The molecule has 0 saturated heterocycles. The molecule has 27 heavy (non-hydrogen) atoms. The SMILES string of the molecule is O=C(NC1CCCCC1)c1cc(Sc2ccc(F)cc2)nc2ccccc12. The van der Waals surface area contributed by atoms with Crippen molar-refractivity contribution in [2.24, 2.45) is 0 Å². The van der Waals surface area contributed by atoms with Crippen LogP contribution in [-0.2, 0) is 0 Å². The van der Waals surface area contributed by atoms with Crippen molar-refractivity contribution < 1.29 is 9.18 Å². The summed E-state index contributed by atoms with van der Waals surface area (Å²) in [5.74, 6) is -0.306. The Morgan fingerprint density at radius 3 is 2.56 bits per heavy atom. The number of aromatic nitrogens is 1. The lowest BCUT2D eigenvalue weighted by atomic mass is 9.95. The average Bonchev–Trinajstić information content (AvgIpc) is 2.70. The van der Waals surface area contributed by atoms with Crippen molar-refractivity contribution in [3.63, 3.8) is 0 Å². The Kier molecular flexibility index (Phi) is 5.39. The predicted molar refractivity (Wildman–Crippen MR) is 107 cm³/mol. The van der Waals surface area contributed by atoms with E-state index in [2.05, 4.69) is 10.3 Å². The van der Waals surface area contributed by atoms with E-state index >= 15 is 0 Å². The first-order valence-corrected chi connectivity index (χ1v) is 10.1. The van der Waals surface area contributed by atoms with Gasteiger partial charge < -0.3 is 5.32 Å². The Morgan fingerprint density at radius 2 is 1.78 bits per heavy atom. The van der Waals surface area contributed by atoms with Crippen LogP contribution in [0.1, 0.15) is 42.5 Å². The number of fused-ring (bicyclic) bond motifs is 1. The third-order valence-electron chi connectivity index (χ3n) is 4.91. The first-order chi connectivity index (χ1) is 13.2. The van der Waals surface area contributed by atoms with Crippen LogP contribution in [-0.4, -0.2) is 16.9 Å². The fourth-order valence-electron chi connectivity index (χ4n) is 3.52. The van der Waals surface area contributed by atoms with Gasteiger partial charge in [-0.3, -0.25) is 4.79 Å². The summed E-state index contributed by atoms with van der Waals surface area (Å²) in [4.78, 5) is 18.5. The van der Waals surface area contributed by atoms with Crippen LogP contribution >= 0.6 is 11.8 Å². The standard InChI is InChI=1S/C22H21FN2OS/c23-15-10-12-17(13-11-15)27-21-14-19(18-8-4-5-9-20(18)25-21)22(26)24-16-6-2-1-3-7-16/h4-5,8-14,16H,1-3,6-7H2,(H,24,26). The highest BCUT2D eigenvalue weighted by atomic mass is 32.2. The van der Waals surface area contributed by atoms with Crippen molar-refractivity contribution in [3.05, 3.63) is 66.0 Å². The number of hydrogen-bond donors (Lipinski definition) is 1. The number of hydrogen-bond acceptors (Lipinski definition) is 3. The van der Waals surface area contributed by atoms with Crippen molar-refractivity contribution in [1.82, 2.24) is 10.3 Å². The van der Waals surface area contributed by atoms with Crippen LogP contribution in [0.25, 0.3) is 10.9 Å². The van der Waals surface area contributed by atoms with E-state index in [1.807, 2.05) is 30.3 Å². The maximum atomic E-state index is 13.1. The number of benzene rings is 2. The molecule has 2 aromatic carbocycles. The molecule has 4 rings (SSSR count). The van der Waals surface area contributed by atoms with Crippen molar-refractivity contribution in [2.45, 2.75) is 48.1 Å². The summed E-state index contributed by atoms with van der Waals surface area (Å²) in [5.41, 5.74) is 1.44. The number of pyridine rings is 1. The lowest BCUT2D eigenvalue weighted by Crippen LogP contribution is -2.36. The zero-order valence-corrected chi connectivity index (χ0v) is 15.8. The monoisotopic (exact) mass is 380 g/mol. The average molecular weight is 380 g/mol. The Hall–Kier alpha value is -2.40. The van der Waals surface area contributed by atoms with E-state index in [0.29, 0.717) is 5.56 Å². The van der Waals surface area contributed by atoms with Gasteiger partial charge in [0.15, 0.2) is 0 Å². The highest BCUT2D eigenvalue weighted by Crippen LogP contribution is 2.30. The number of nitrogens with one attached hydrogen (secondary N) is 1. The molecule has 0 atom stereocenters. The van der Waals surface area contributed by atoms with E-state index in [-0.39, 0.29) is 17.8 Å². The molecule has 0 bridgehead atoms. The van der Waals surface area contributed by atoms with Gasteiger partial charge in [-0.1, -0.05) is 49.2 Å². The van der Waals surface area contributed by atoms with Gasteiger partial charge in [-0.05, 0) is 49.2 Å². The van der Waals surface area contributed by atoms with Crippen LogP contribution in [0.3, 0.4) is 0 Å². The summed E-state index contributed by atoms with van der Waals surface area (Å²) < 4.78 is 13.1. The molecule has 1 aliphatic carbocycles. The number of nitrogens with zero attached hydrogens (tertiary/aromatic N) is 1. The quantitative estimate of drug-likeness (QED) is 0.642.